The Morgan fingerprint density at radius 2 is 2.00 bits per heavy atom. The van der Waals surface area contributed by atoms with Crippen molar-refractivity contribution in [2.45, 2.75) is 33.1 Å². The van der Waals surface area contributed by atoms with Gasteiger partial charge in [0.15, 0.2) is 0 Å². The molecule has 1 heterocycles. The largest absolute Gasteiger partial charge is 0.481 e. The number of hydrogen-bond acceptors (Lipinski definition) is 3. The standard InChI is InChI=1S/C14H23N3O3/c1-4-14(12(18)19)5-7-17(8-6-14)13(20)16(3)10-11(2)9-15/h11H,4-8,10H2,1-3H3,(H,18,19). The second-order valence-electron chi connectivity index (χ2n) is 5.62. The molecule has 0 aliphatic carbocycles. The van der Waals surface area contributed by atoms with Crippen LogP contribution < -0.4 is 0 Å². The fourth-order valence-electron chi connectivity index (χ4n) is 2.62. The second kappa shape index (κ2) is 6.60. The highest BCUT2D eigenvalue weighted by molar-refractivity contribution is 5.77. The molecule has 6 nitrogen and oxygen atoms in total. The molecule has 1 aliphatic rings. The smallest absolute Gasteiger partial charge is 0.319 e. The highest BCUT2D eigenvalue weighted by Gasteiger charge is 2.41. The number of carboxylic acid groups (broad SMARTS) is 1. The van der Waals surface area contributed by atoms with E-state index in [2.05, 4.69) is 6.07 Å². The van der Waals surface area contributed by atoms with Gasteiger partial charge in [-0.25, -0.2) is 4.79 Å². The Hall–Kier alpha value is -1.77. The Kier molecular flexibility index (Phi) is 5.37. The molecular weight excluding hydrogens is 258 g/mol. The normalized spacial score (nSPS) is 19.0. The van der Waals surface area contributed by atoms with Gasteiger partial charge in [-0.2, -0.15) is 5.26 Å². The van der Waals surface area contributed by atoms with Crippen molar-refractivity contribution in [1.82, 2.24) is 9.80 Å². The fourth-order valence-corrected chi connectivity index (χ4v) is 2.62. The van der Waals surface area contributed by atoms with Gasteiger partial charge in [-0.3, -0.25) is 4.79 Å². The number of carboxylic acids is 1. The summed E-state index contributed by atoms with van der Waals surface area (Å²) in [6.45, 7) is 4.97. The van der Waals surface area contributed by atoms with Crippen LogP contribution in [0.15, 0.2) is 0 Å². The predicted octanol–water partition coefficient (Wildman–Crippen LogP) is 1.77. The summed E-state index contributed by atoms with van der Waals surface area (Å²) < 4.78 is 0. The van der Waals surface area contributed by atoms with Gasteiger partial charge < -0.3 is 14.9 Å². The van der Waals surface area contributed by atoms with Gasteiger partial charge in [-0.1, -0.05) is 6.92 Å². The lowest BCUT2D eigenvalue weighted by Gasteiger charge is -2.39. The number of urea groups is 1. The first kappa shape index (κ1) is 16.3. The molecule has 0 aromatic heterocycles. The maximum atomic E-state index is 12.2. The van der Waals surface area contributed by atoms with Crippen LogP contribution >= 0.6 is 0 Å². The zero-order chi connectivity index (χ0) is 15.3. The zero-order valence-electron chi connectivity index (χ0n) is 12.4. The Morgan fingerprint density at radius 1 is 1.45 bits per heavy atom. The van der Waals surface area contributed by atoms with Gasteiger partial charge in [0.25, 0.3) is 0 Å². The van der Waals surface area contributed by atoms with Crippen LogP contribution in [0.25, 0.3) is 0 Å². The summed E-state index contributed by atoms with van der Waals surface area (Å²) in [5, 5.41) is 18.1. The Bertz CT molecular complexity index is 408. The first-order valence-electron chi connectivity index (χ1n) is 6.99. The van der Waals surface area contributed by atoms with Gasteiger partial charge in [-0.05, 0) is 26.2 Å². The van der Waals surface area contributed by atoms with Crippen LogP contribution in [-0.2, 0) is 4.79 Å². The van der Waals surface area contributed by atoms with Gasteiger partial charge in [0, 0.05) is 26.7 Å². The summed E-state index contributed by atoms with van der Waals surface area (Å²) >= 11 is 0. The van der Waals surface area contributed by atoms with E-state index in [0.29, 0.717) is 38.9 Å². The molecule has 1 rings (SSSR count). The van der Waals surface area contributed by atoms with Crippen LogP contribution in [0.1, 0.15) is 33.1 Å². The van der Waals surface area contributed by atoms with Crippen molar-refractivity contribution >= 4 is 12.0 Å². The lowest BCUT2D eigenvalue weighted by molar-refractivity contribution is -0.152. The van der Waals surface area contributed by atoms with Crippen LogP contribution in [0.5, 0.6) is 0 Å². The van der Waals surface area contributed by atoms with Gasteiger partial charge in [0.2, 0.25) is 0 Å². The average Bonchev–Trinajstić information content (AvgIpc) is 2.46. The highest BCUT2D eigenvalue weighted by Crippen LogP contribution is 2.35. The summed E-state index contributed by atoms with van der Waals surface area (Å²) in [6, 6.07) is 1.98. The lowest BCUT2D eigenvalue weighted by Crippen LogP contribution is -2.50. The van der Waals surface area contributed by atoms with E-state index < -0.39 is 11.4 Å². The number of likely N-dealkylation sites (tertiary alicyclic amines) is 1. The molecule has 0 bridgehead atoms. The second-order valence-corrected chi connectivity index (χ2v) is 5.62. The monoisotopic (exact) mass is 281 g/mol. The van der Waals surface area contributed by atoms with Crippen molar-refractivity contribution in [3.8, 4) is 6.07 Å². The van der Waals surface area contributed by atoms with E-state index >= 15 is 0 Å². The molecule has 1 atom stereocenters. The van der Waals surface area contributed by atoms with Gasteiger partial charge in [-0.15, -0.1) is 0 Å². The Morgan fingerprint density at radius 3 is 2.40 bits per heavy atom. The summed E-state index contributed by atoms with van der Waals surface area (Å²) in [7, 11) is 1.68. The molecular formula is C14H23N3O3. The number of aliphatic carboxylic acids is 1. The molecule has 2 amide bonds. The van der Waals surface area contributed by atoms with Crippen LogP contribution in [0, 0.1) is 22.7 Å². The molecule has 1 N–H and O–H groups in total. The maximum absolute atomic E-state index is 12.2. The molecule has 1 fully saturated rings. The first-order chi connectivity index (χ1) is 9.36. The number of nitriles is 1. The molecule has 6 heteroatoms. The highest BCUT2D eigenvalue weighted by atomic mass is 16.4. The van der Waals surface area contributed by atoms with Crippen molar-refractivity contribution in [2.75, 3.05) is 26.7 Å². The minimum atomic E-state index is -0.765. The number of carbonyl (C=O) groups excluding carboxylic acids is 1. The quantitative estimate of drug-likeness (QED) is 0.851. The van der Waals surface area contributed by atoms with Crippen molar-refractivity contribution in [2.24, 2.45) is 11.3 Å². The van der Waals surface area contributed by atoms with E-state index in [0.717, 1.165) is 0 Å². The molecule has 0 aromatic carbocycles. The van der Waals surface area contributed by atoms with Crippen molar-refractivity contribution < 1.29 is 14.7 Å². The predicted molar refractivity (Wildman–Crippen MR) is 74.0 cm³/mol. The van der Waals surface area contributed by atoms with Crippen LogP contribution in [-0.4, -0.2) is 53.6 Å². The van der Waals surface area contributed by atoms with Crippen LogP contribution in [0.4, 0.5) is 4.79 Å². The molecule has 0 saturated carbocycles. The van der Waals surface area contributed by atoms with E-state index in [4.69, 9.17) is 5.26 Å². The maximum Gasteiger partial charge on any atom is 0.319 e. The van der Waals surface area contributed by atoms with Gasteiger partial charge in [0.05, 0.1) is 17.4 Å². The average molecular weight is 281 g/mol. The fraction of sp³-hybridized carbons (Fsp3) is 0.786. The van der Waals surface area contributed by atoms with Crippen LogP contribution in [0.3, 0.4) is 0 Å². The van der Waals surface area contributed by atoms with E-state index in [1.54, 1.807) is 18.9 Å². The molecule has 0 radical (unpaired) electrons. The summed E-state index contributed by atoms with van der Waals surface area (Å²) in [6.07, 6.45) is 1.57. The van der Waals surface area contributed by atoms with E-state index in [1.807, 2.05) is 6.92 Å². The van der Waals surface area contributed by atoms with Crippen molar-refractivity contribution in [3.63, 3.8) is 0 Å². The number of rotatable bonds is 4. The van der Waals surface area contributed by atoms with E-state index in [-0.39, 0.29) is 11.9 Å². The number of nitrogens with zero attached hydrogens (tertiary/aromatic N) is 3. The van der Waals surface area contributed by atoms with Crippen molar-refractivity contribution in [3.05, 3.63) is 0 Å². The van der Waals surface area contributed by atoms with E-state index in [9.17, 15) is 14.7 Å². The summed E-state index contributed by atoms with van der Waals surface area (Å²) in [5.41, 5.74) is -0.685. The SMILES string of the molecule is CCC1(C(=O)O)CCN(C(=O)N(C)CC(C)C#N)CC1. The minimum absolute atomic E-state index is 0.123. The van der Waals surface area contributed by atoms with Gasteiger partial charge in [0.1, 0.15) is 0 Å². The molecule has 0 spiro atoms. The molecule has 1 aliphatic heterocycles. The number of amides is 2. The number of hydrogen-bond donors (Lipinski definition) is 1. The topological polar surface area (TPSA) is 84.6 Å². The summed E-state index contributed by atoms with van der Waals surface area (Å²) in [5.74, 6) is -0.971. The third-order valence-corrected chi connectivity index (χ3v) is 4.22. The third-order valence-electron chi connectivity index (χ3n) is 4.22. The lowest BCUT2D eigenvalue weighted by atomic mass is 9.76. The van der Waals surface area contributed by atoms with E-state index in [1.165, 1.54) is 4.90 Å². The van der Waals surface area contributed by atoms with Crippen LogP contribution in [0.2, 0.25) is 0 Å². The minimum Gasteiger partial charge on any atom is -0.481 e. The van der Waals surface area contributed by atoms with Crippen molar-refractivity contribution in [1.29, 1.82) is 5.26 Å². The Balaban J connectivity index is 2.59. The van der Waals surface area contributed by atoms with Gasteiger partial charge >= 0.3 is 12.0 Å². The molecule has 1 saturated heterocycles. The third kappa shape index (κ3) is 3.41. The summed E-state index contributed by atoms with van der Waals surface area (Å²) in [4.78, 5) is 26.8. The number of carbonyl (C=O) groups is 2. The number of piperidine rings is 1. The first-order valence-corrected chi connectivity index (χ1v) is 6.99. The molecule has 1 unspecified atom stereocenters. The molecule has 0 aromatic rings. The Labute approximate surface area is 120 Å². The molecule has 20 heavy (non-hydrogen) atoms. The zero-order valence-corrected chi connectivity index (χ0v) is 12.4. The molecule has 112 valence electrons.